The maximum Gasteiger partial charge on any atom is 0.196 e. The SMILES string of the molecule is COc1ccc(C(C#N)(O[Si](C)(C)C)c2ccccc2)cc1. The van der Waals surface area contributed by atoms with Crippen LogP contribution in [0.1, 0.15) is 11.1 Å². The van der Waals surface area contributed by atoms with Gasteiger partial charge in [-0.2, -0.15) is 5.26 Å². The Morgan fingerprint density at radius 2 is 1.45 bits per heavy atom. The molecule has 3 nitrogen and oxygen atoms in total. The van der Waals surface area contributed by atoms with Crippen LogP contribution in [0.15, 0.2) is 54.6 Å². The van der Waals surface area contributed by atoms with Crippen molar-refractivity contribution in [3.63, 3.8) is 0 Å². The molecular formula is C18H21NO2Si. The topological polar surface area (TPSA) is 42.2 Å². The van der Waals surface area contributed by atoms with Gasteiger partial charge in [0.1, 0.15) is 11.8 Å². The number of nitrogens with zero attached hydrogens (tertiary/aromatic N) is 1. The Bertz CT molecular complexity index is 656. The average Bonchev–Trinajstić information content (AvgIpc) is 2.53. The summed E-state index contributed by atoms with van der Waals surface area (Å²) in [6, 6.07) is 19.6. The summed E-state index contributed by atoms with van der Waals surface area (Å²) in [6.45, 7) is 6.27. The van der Waals surface area contributed by atoms with Crippen molar-refractivity contribution in [2.45, 2.75) is 25.2 Å². The minimum Gasteiger partial charge on any atom is -0.497 e. The highest BCUT2D eigenvalue weighted by molar-refractivity contribution is 6.69. The predicted octanol–water partition coefficient (Wildman–Crippen LogP) is 4.31. The maximum absolute atomic E-state index is 9.99. The fourth-order valence-corrected chi connectivity index (χ4v) is 3.59. The lowest BCUT2D eigenvalue weighted by Crippen LogP contribution is -2.40. The normalized spacial score (nSPS) is 14.0. The second-order valence-corrected chi connectivity index (χ2v) is 10.5. The minimum absolute atomic E-state index is 0.761. The van der Waals surface area contributed by atoms with E-state index >= 15 is 0 Å². The number of ether oxygens (including phenoxy) is 1. The summed E-state index contributed by atoms with van der Waals surface area (Å²) in [5, 5.41) is 9.99. The molecule has 2 aromatic rings. The molecule has 1 unspecified atom stereocenters. The van der Waals surface area contributed by atoms with Crippen molar-refractivity contribution in [2.75, 3.05) is 7.11 Å². The molecule has 0 aliphatic carbocycles. The van der Waals surface area contributed by atoms with Crippen LogP contribution in [-0.2, 0) is 10.0 Å². The summed E-state index contributed by atoms with van der Waals surface area (Å²) < 4.78 is 11.6. The number of nitriles is 1. The van der Waals surface area contributed by atoms with Crippen LogP contribution in [0.3, 0.4) is 0 Å². The fraction of sp³-hybridized carbons (Fsp3) is 0.278. The van der Waals surface area contributed by atoms with Gasteiger partial charge in [-0.1, -0.05) is 42.5 Å². The summed E-state index contributed by atoms with van der Waals surface area (Å²) in [6.07, 6.45) is 0. The van der Waals surface area contributed by atoms with E-state index in [-0.39, 0.29) is 0 Å². The third kappa shape index (κ3) is 3.38. The van der Waals surface area contributed by atoms with Gasteiger partial charge in [-0.15, -0.1) is 0 Å². The molecule has 0 saturated heterocycles. The van der Waals surface area contributed by atoms with Gasteiger partial charge in [0.2, 0.25) is 0 Å². The quantitative estimate of drug-likeness (QED) is 0.773. The number of hydrogen-bond acceptors (Lipinski definition) is 3. The summed E-state index contributed by atoms with van der Waals surface area (Å²) in [4.78, 5) is 0. The van der Waals surface area contributed by atoms with E-state index in [0.29, 0.717) is 0 Å². The first-order valence-electron chi connectivity index (χ1n) is 7.23. The second-order valence-electron chi connectivity index (χ2n) is 6.10. The third-order valence-corrected chi connectivity index (χ3v) is 4.21. The van der Waals surface area contributed by atoms with Crippen LogP contribution in [0.5, 0.6) is 5.75 Å². The zero-order valence-corrected chi connectivity index (χ0v) is 14.5. The van der Waals surface area contributed by atoms with Crippen molar-refractivity contribution in [2.24, 2.45) is 0 Å². The molecule has 0 saturated carbocycles. The molecule has 2 aromatic carbocycles. The number of benzene rings is 2. The van der Waals surface area contributed by atoms with Gasteiger partial charge in [-0.25, -0.2) is 0 Å². The van der Waals surface area contributed by atoms with E-state index in [4.69, 9.17) is 9.16 Å². The largest absolute Gasteiger partial charge is 0.497 e. The van der Waals surface area contributed by atoms with E-state index in [1.54, 1.807) is 7.11 Å². The fourth-order valence-electron chi connectivity index (χ4n) is 2.39. The first-order chi connectivity index (χ1) is 10.4. The molecule has 0 aromatic heterocycles. The van der Waals surface area contributed by atoms with Crippen molar-refractivity contribution < 1.29 is 9.16 Å². The van der Waals surface area contributed by atoms with Crippen molar-refractivity contribution in [1.29, 1.82) is 5.26 Å². The molecule has 2 rings (SSSR count). The smallest absolute Gasteiger partial charge is 0.196 e. The Morgan fingerprint density at radius 1 is 0.909 bits per heavy atom. The van der Waals surface area contributed by atoms with E-state index in [0.717, 1.165) is 16.9 Å². The molecule has 0 radical (unpaired) electrons. The minimum atomic E-state index is -1.95. The molecule has 0 aliphatic rings. The van der Waals surface area contributed by atoms with Crippen molar-refractivity contribution in [1.82, 2.24) is 0 Å². The van der Waals surface area contributed by atoms with Crippen LogP contribution in [0.25, 0.3) is 0 Å². The van der Waals surface area contributed by atoms with Crippen LogP contribution in [0.4, 0.5) is 0 Å². The molecule has 1 atom stereocenters. The van der Waals surface area contributed by atoms with Gasteiger partial charge in [0.15, 0.2) is 13.9 Å². The summed E-state index contributed by atoms with van der Waals surface area (Å²) in [5.41, 5.74) is 0.590. The number of rotatable bonds is 5. The first kappa shape index (κ1) is 16.3. The molecule has 0 amide bonds. The van der Waals surface area contributed by atoms with Crippen LogP contribution in [-0.4, -0.2) is 15.4 Å². The van der Waals surface area contributed by atoms with Gasteiger partial charge in [-0.05, 0) is 31.8 Å². The highest BCUT2D eigenvalue weighted by Crippen LogP contribution is 2.36. The van der Waals surface area contributed by atoms with Crippen molar-refractivity contribution in [3.05, 3.63) is 65.7 Å². The van der Waals surface area contributed by atoms with Crippen LogP contribution >= 0.6 is 0 Å². The number of methoxy groups -OCH3 is 1. The monoisotopic (exact) mass is 311 g/mol. The molecule has 4 heteroatoms. The Kier molecular flexibility index (Phi) is 4.70. The summed E-state index contributed by atoms with van der Waals surface area (Å²) in [7, 11) is -0.328. The van der Waals surface area contributed by atoms with Crippen LogP contribution in [0.2, 0.25) is 19.6 Å². The Morgan fingerprint density at radius 3 is 1.91 bits per heavy atom. The molecule has 0 aliphatic heterocycles. The second kappa shape index (κ2) is 6.35. The van der Waals surface area contributed by atoms with E-state index in [9.17, 15) is 5.26 Å². The number of hydrogen-bond donors (Lipinski definition) is 0. The summed E-state index contributed by atoms with van der Waals surface area (Å²) in [5.74, 6) is 0.761. The molecule has 0 heterocycles. The third-order valence-electron chi connectivity index (χ3n) is 3.29. The van der Waals surface area contributed by atoms with Crippen molar-refractivity contribution >= 4 is 8.32 Å². The zero-order valence-electron chi connectivity index (χ0n) is 13.5. The predicted molar refractivity (Wildman–Crippen MR) is 90.3 cm³/mol. The van der Waals surface area contributed by atoms with Crippen LogP contribution < -0.4 is 4.74 Å². The zero-order chi connectivity index (χ0) is 16.2. The molecule has 0 fully saturated rings. The maximum atomic E-state index is 9.99. The van der Waals surface area contributed by atoms with Gasteiger partial charge in [0.05, 0.1) is 7.11 Å². The molecular weight excluding hydrogens is 290 g/mol. The van der Waals surface area contributed by atoms with Gasteiger partial charge >= 0.3 is 0 Å². The van der Waals surface area contributed by atoms with E-state index < -0.39 is 13.9 Å². The van der Waals surface area contributed by atoms with Crippen LogP contribution in [0, 0.1) is 11.3 Å². The lowest BCUT2D eigenvalue weighted by Gasteiger charge is -2.34. The molecule has 114 valence electrons. The van der Waals surface area contributed by atoms with Gasteiger partial charge in [0, 0.05) is 11.1 Å². The Balaban J connectivity index is 2.60. The first-order valence-corrected chi connectivity index (χ1v) is 10.6. The molecule has 0 bridgehead atoms. The van der Waals surface area contributed by atoms with E-state index in [1.165, 1.54) is 0 Å². The summed E-state index contributed by atoms with van der Waals surface area (Å²) >= 11 is 0. The average molecular weight is 311 g/mol. The molecule has 22 heavy (non-hydrogen) atoms. The lowest BCUT2D eigenvalue weighted by molar-refractivity contribution is 0.163. The van der Waals surface area contributed by atoms with E-state index in [2.05, 4.69) is 25.7 Å². The van der Waals surface area contributed by atoms with Gasteiger partial charge in [-0.3, -0.25) is 0 Å². The van der Waals surface area contributed by atoms with E-state index in [1.807, 2.05) is 54.6 Å². The molecule has 0 spiro atoms. The Labute approximate surface area is 133 Å². The highest BCUT2D eigenvalue weighted by Gasteiger charge is 2.39. The van der Waals surface area contributed by atoms with Gasteiger partial charge in [0.25, 0.3) is 0 Å². The van der Waals surface area contributed by atoms with Gasteiger partial charge < -0.3 is 9.16 Å². The lowest BCUT2D eigenvalue weighted by atomic mass is 9.88. The standard InChI is InChI=1S/C18H21NO2Si/c1-20-17-12-10-16(11-13-17)18(14-19,21-22(2,3)4)15-8-6-5-7-9-15/h5-13H,1-4H3. The Hall–Kier alpha value is -2.09. The van der Waals surface area contributed by atoms with Crippen molar-refractivity contribution in [3.8, 4) is 11.8 Å². The molecule has 0 N–H and O–H groups in total. The highest BCUT2D eigenvalue weighted by atomic mass is 28.4.